The number of nitrogens with one attached hydrogen (secondary N) is 1. The molecule has 172 valence electrons. The number of carbonyl (C=O) groups excluding carboxylic acids is 2. The number of hydrogen-bond donors (Lipinski definition) is 1. The van der Waals surface area contributed by atoms with E-state index < -0.39 is 53.4 Å². The van der Waals surface area contributed by atoms with Crippen LogP contribution in [-0.4, -0.2) is 35.0 Å². The summed E-state index contributed by atoms with van der Waals surface area (Å²) in [6, 6.07) is 4.74. The molecule has 1 aromatic carbocycles. The summed E-state index contributed by atoms with van der Waals surface area (Å²) in [5.74, 6) is -6.23. The van der Waals surface area contributed by atoms with Crippen LogP contribution < -0.4 is 10.1 Å². The monoisotopic (exact) mass is 454 g/mol. The van der Waals surface area contributed by atoms with Gasteiger partial charge in [0, 0.05) is 30.3 Å². The normalized spacial score (nSPS) is 22.1. The van der Waals surface area contributed by atoms with E-state index in [1.54, 1.807) is 20.8 Å². The second kappa shape index (κ2) is 8.85. The Kier molecular flexibility index (Phi) is 6.54. The number of rotatable bonds is 6. The lowest BCUT2D eigenvalue weighted by Gasteiger charge is -2.26. The van der Waals surface area contributed by atoms with Gasteiger partial charge in [0.25, 0.3) is 5.91 Å². The Morgan fingerprint density at radius 3 is 2.53 bits per heavy atom. The fourth-order valence-electron chi connectivity index (χ4n) is 3.78. The standard InChI is InChI=1S/C22H22F4N2O4/c1-10-16(13-5-6-14(23)17(24)18(13)31-21(25)26)19(32-22(10,3)4)20(30)28-12-7-8-27-15(9-12)11(2)29/h5-10,16,19,21H,1-4H3,(H,27,28,30)/t10-,16-,19-/m0/s1. The lowest BCUT2D eigenvalue weighted by Crippen LogP contribution is -2.33. The van der Waals surface area contributed by atoms with Gasteiger partial charge in [-0.3, -0.25) is 14.6 Å². The summed E-state index contributed by atoms with van der Waals surface area (Å²) in [6.45, 7) is 3.04. The summed E-state index contributed by atoms with van der Waals surface area (Å²) < 4.78 is 64.2. The smallest absolute Gasteiger partial charge is 0.387 e. The van der Waals surface area contributed by atoms with Crippen molar-refractivity contribution in [2.45, 2.75) is 51.9 Å². The second-order valence-electron chi connectivity index (χ2n) is 8.09. The van der Waals surface area contributed by atoms with Crippen LogP contribution in [0.15, 0.2) is 30.5 Å². The number of nitrogens with zero attached hydrogens (tertiary/aromatic N) is 1. The first kappa shape index (κ1) is 23.6. The number of halogens is 4. The number of Topliss-reactive ketones (excluding diaryl/α,β-unsaturated/α-hetero) is 1. The Balaban J connectivity index is 2.01. The molecule has 1 amide bonds. The van der Waals surface area contributed by atoms with Crippen LogP contribution in [0.4, 0.5) is 23.2 Å². The topological polar surface area (TPSA) is 77.5 Å². The van der Waals surface area contributed by atoms with E-state index in [1.807, 2.05) is 0 Å². The molecule has 0 saturated carbocycles. The molecule has 1 saturated heterocycles. The number of hydrogen-bond acceptors (Lipinski definition) is 5. The highest BCUT2D eigenvalue weighted by Gasteiger charge is 2.51. The molecule has 1 aromatic heterocycles. The van der Waals surface area contributed by atoms with E-state index in [0.717, 1.165) is 12.1 Å². The minimum absolute atomic E-state index is 0.110. The Morgan fingerprint density at radius 2 is 1.91 bits per heavy atom. The van der Waals surface area contributed by atoms with Crippen LogP contribution in [0.25, 0.3) is 0 Å². The molecule has 1 aliphatic rings. The largest absolute Gasteiger partial charge is 0.431 e. The summed E-state index contributed by atoms with van der Waals surface area (Å²) in [5, 5.41) is 2.61. The fraction of sp³-hybridized carbons (Fsp3) is 0.409. The number of benzene rings is 1. The minimum atomic E-state index is -3.40. The molecule has 0 aliphatic carbocycles. The zero-order valence-electron chi connectivity index (χ0n) is 17.8. The lowest BCUT2D eigenvalue weighted by molar-refractivity contribution is -0.131. The Bertz CT molecular complexity index is 1040. The first-order chi connectivity index (χ1) is 14.9. The maximum atomic E-state index is 14.4. The Morgan fingerprint density at radius 1 is 1.22 bits per heavy atom. The molecule has 3 atom stereocenters. The van der Waals surface area contributed by atoms with Crippen molar-refractivity contribution in [1.82, 2.24) is 4.98 Å². The molecule has 6 nitrogen and oxygen atoms in total. The van der Waals surface area contributed by atoms with Gasteiger partial charge in [-0.25, -0.2) is 4.39 Å². The summed E-state index contributed by atoms with van der Waals surface area (Å²) in [5.41, 5.74) is -0.609. The number of carbonyl (C=O) groups is 2. The van der Waals surface area contributed by atoms with Gasteiger partial charge in [0.2, 0.25) is 5.82 Å². The molecule has 1 aliphatic heterocycles. The highest BCUT2D eigenvalue weighted by atomic mass is 19.3. The van der Waals surface area contributed by atoms with Crippen molar-refractivity contribution in [3.05, 3.63) is 53.4 Å². The average molecular weight is 454 g/mol. The first-order valence-electron chi connectivity index (χ1n) is 9.80. The summed E-state index contributed by atoms with van der Waals surface area (Å²) in [7, 11) is 0. The van der Waals surface area contributed by atoms with Crippen LogP contribution >= 0.6 is 0 Å². The van der Waals surface area contributed by atoms with E-state index in [2.05, 4.69) is 15.0 Å². The van der Waals surface area contributed by atoms with Gasteiger partial charge < -0.3 is 14.8 Å². The van der Waals surface area contributed by atoms with Gasteiger partial charge in [-0.2, -0.15) is 13.2 Å². The third-order valence-electron chi connectivity index (χ3n) is 5.69. The molecule has 1 fully saturated rings. The van der Waals surface area contributed by atoms with E-state index >= 15 is 0 Å². The lowest BCUT2D eigenvalue weighted by atomic mass is 9.78. The molecule has 0 spiro atoms. The quantitative estimate of drug-likeness (QED) is 0.506. The summed E-state index contributed by atoms with van der Waals surface area (Å²) >= 11 is 0. The zero-order chi connectivity index (χ0) is 23.8. The van der Waals surface area contributed by atoms with E-state index in [0.29, 0.717) is 0 Å². The van der Waals surface area contributed by atoms with Gasteiger partial charge in [0.05, 0.1) is 5.60 Å². The highest BCUT2D eigenvalue weighted by molar-refractivity contribution is 5.97. The van der Waals surface area contributed by atoms with Gasteiger partial charge in [0.1, 0.15) is 11.8 Å². The molecule has 32 heavy (non-hydrogen) atoms. The number of aromatic nitrogens is 1. The van der Waals surface area contributed by atoms with Crippen molar-refractivity contribution in [1.29, 1.82) is 0 Å². The van der Waals surface area contributed by atoms with Crippen molar-refractivity contribution >= 4 is 17.4 Å². The molecule has 3 rings (SSSR count). The Hall–Kier alpha value is -3.01. The fourth-order valence-corrected chi connectivity index (χ4v) is 3.78. The van der Waals surface area contributed by atoms with E-state index in [-0.39, 0.29) is 22.7 Å². The van der Waals surface area contributed by atoms with Gasteiger partial charge >= 0.3 is 6.61 Å². The number of ether oxygens (including phenoxy) is 2. The molecule has 2 aromatic rings. The van der Waals surface area contributed by atoms with Gasteiger partial charge in [0.15, 0.2) is 17.3 Å². The highest BCUT2D eigenvalue weighted by Crippen LogP contribution is 2.49. The molecule has 10 heteroatoms. The first-order valence-corrected chi connectivity index (χ1v) is 9.80. The summed E-state index contributed by atoms with van der Waals surface area (Å²) in [4.78, 5) is 28.6. The molecule has 0 radical (unpaired) electrons. The average Bonchev–Trinajstić information content (AvgIpc) is 2.95. The zero-order valence-corrected chi connectivity index (χ0v) is 17.8. The number of anilines is 1. The minimum Gasteiger partial charge on any atom is -0.431 e. The number of ketones is 1. The van der Waals surface area contributed by atoms with Crippen molar-refractivity contribution in [2.75, 3.05) is 5.32 Å². The third-order valence-corrected chi connectivity index (χ3v) is 5.69. The van der Waals surface area contributed by atoms with Gasteiger partial charge in [-0.1, -0.05) is 13.0 Å². The van der Waals surface area contributed by atoms with Crippen LogP contribution in [-0.2, 0) is 9.53 Å². The Labute approximate surface area is 181 Å². The van der Waals surface area contributed by atoms with Crippen LogP contribution in [0, 0.1) is 17.6 Å². The predicted molar refractivity (Wildman–Crippen MR) is 107 cm³/mol. The molecule has 1 N–H and O–H groups in total. The van der Waals surface area contributed by atoms with Crippen molar-refractivity contribution in [3.63, 3.8) is 0 Å². The van der Waals surface area contributed by atoms with Crippen molar-refractivity contribution in [2.24, 2.45) is 5.92 Å². The molecule has 0 bridgehead atoms. The maximum Gasteiger partial charge on any atom is 0.387 e. The van der Waals surface area contributed by atoms with Crippen molar-refractivity contribution in [3.8, 4) is 5.75 Å². The van der Waals surface area contributed by atoms with Crippen molar-refractivity contribution < 1.29 is 36.6 Å². The maximum absolute atomic E-state index is 14.4. The summed E-state index contributed by atoms with van der Waals surface area (Å²) in [6.07, 6.45) is 0.106. The van der Waals surface area contributed by atoms with Gasteiger partial charge in [-0.05, 0) is 38.0 Å². The van der Waals surface area contributed by atoms with Crippen LogP contribution in [0.1, 0.15) is 49.7 Å². The molecular formula is C22H22F4N2O4. The van der Waals surface area contributed by atoms with E-state index in [4.69, 9.17) is 4.74 Å². The third kappa shape index (κ3) is 4.59. The molecular weight excluding hydrogens is 432 g/mol. The SMILES string of the molecule is CC(=O)c1cc(NC(=O)[C@H]2OC(C)(C)[C@@H](C)[C@H]2c2ccc(F)c(F)c2OC(F)F)ccn1. The molecule has 2 heterocycles. The number of pyridine rings is 1. The predicted octanol–water partition coefficient (Wildman–Crippen LogP) is 4.70. The number of amides is 1. The van der Waals surface area contributed by atoms with Crippen LogP contribution in [0.2, 0.25) is 0 Å². The van der Waals surface area contributed by atoms with Crippen LogP contribution in [0.5, 0.6) is 5.75 Å². The molecule has 0 unspecified atom stereocenters. The second-order valence-corrected chi connectivity index (χ2v) is 8.09. The van der Waals surface area contributed by atoms with E-state index in [9.17, 15) is 27.2 Å². The van der Waals surface area contributed by atoms with Gasteiger partial charge in [-0.15, -0.1) is 0 Å². The van der Waals surface area contributed by atoms with E-state index in [1.165, 1.54) is 25.3 Å². The number of alkyl halides is 2. The van der Waals surface area contributed by atoms with Crippen LogP contribution in [0.3, 0.4) is 0 Å².